The quantitative estimate of drug-likeness (QED) is 0.383. The number of ether oxygens (including phenoxy) is 2. The number of carbonyl (C=O) groups is 1. The molecule has 1 aliphatic heterocycles. The summed E-state index contributed by atoms with van der Waals surface area (Å²) < 4.78 is 10.1. The molecule has 14 heavy (non-hydrogen) atoms. The number of allylic oxidation sites excluding steroid dienone is 1. The number of fused-ring (bicyclic) bond motifs is 1. The lowest BCUT2D eigenvalue weighted by molar-refractivity contribution is -0.136. The van der Waals surface area contributed by atoms with Crippen molar-refractivity contribution in [2.45, 2.75) is 38.4 Å². The highest BCUT2D eigenvalue weighted by molar-refractivity contribution is 5.87. The zero-order valence-corrected chi connectivity index (χ0v) is 8.66. The molecule has 1 aliphatic carbocycles. The van der Waals surface area contributed by atoms with Crippen molar-refractivity contribution in [3.63, 3.8) is 0 Å². The number of hydrogen-bond acceptors (Lipinski definition) is 3. The van der Waals surface area contributed by atoms with E-state index >= 15 is 0 Å². The van der Waals surface area contributed by atoms with Gasteiger partial charge in [0, 0.05) is 5.57 Å². The molecule has 78 valence electrons. The number of hydrogen-bond donors (Lipinski definition) is 0. The van der Waals surface area contributed by atoms with Crippen LogP contribution in [0.2, 0.25) is 0 Å². The molecule has 1 heterocycles. The highest BCUT2D eigenvalue weighted by Crippen LogP contribution is 2.40. The molecule has 0 bridgehead atoms. The van der Waals surface area contributed by atoms with E-state index in [9.17, 15) is 4.79 Å². The Morgan fingerprint density at radius 3 is 2.86 bits per heavy atom. The third-order valence-corrected chi connectivity index (χ3v) is 3.04. The van der Waals surface area contributed by atoms with Crippen molar-refractivity contribution >= 4 is 5.97 Å². The standard InChI is InChI=1S/C11H16O3/c1-7(11(12)13-2)5-8-3-4-9-10(6-8)14-9/h5,8-10H,3-4,6H2,1-2H3. The molecular formula is C11H16O3. The summed E-state index contributed by atoms with van der Waals surface area (Å²) in [5, 5.41) is 0. The van der Waals surface area contributed by atoms with Gasteiger partial charge >= 0.3 is 5.97 Å². The molecule has 3 atom stereocenters. The lowest BCUT2D eigenvalue weighted by atomic mass is 9.88. The molecule has 2 fully saturated rings. The summed E-state index contributed by atoms with van der Waals surface area (Å²) in [5.41, 5.74) is 0.719. The summed E-state index contributed by atoms with van der Waals surface area (Å²) in [6.45, 7) is 1.81. The molecule has 1 saturated heterocycles. The third kappa shape index (κ3) is 1.98. The fourth-order valence-electron chi connectivity index (χ4n) is 2.17. The van der Waals surface area contributed by atoms with Crippen LogP contribution in [0.25, 0.3) is 0 Å². The first-order valence-electron chi connectivity index (χ1n) is 5.13. The molecule has 3 unspecified atom stereocenters. The van der Waals surface area contributed by atoms with Crippen LogP contribution in [0.15, 0.2) is 11.6 Å². The third-order valence-electron chi connectivity index (χ3n) is 3.04. The van der Waals surface area contributed by atoms with Crippen LogP contribution in [0.4, 0.5) is 0 Å². The first kappa shape index (κ1) is 9.71. The maximum absolute atomic E-state index is 11.2. The first-order chi connectivity index (χ1) is 6.70. The summed E-state index contributed by atoms with van der Waals surface area (Å²) >= 11 is 0. The van der Waals surface area contributed by atoms with Gasteiger partial charge in [-0.2, -0.15) is 0 Å². The van der Waals surface area contributed by atoms with E-state index in [2.05, 4.69) is 4.74 Å². The Morgan fingerprint density at radius 2 is 2.21 bits per heavy atom. The molecule has 3 nitrogen and oxygen atoms in total. The van der Waals surface area contributed by atoms with Crippen LogP contribution in [0, 0.1) is 5.92 Å². The van der Waals surface area contributed by atoms with Gasteiger partial charge in [0.15, 0.2) is 0 Å². The summed E-state index contributed by atoms with van der Waals surface area (Å²) in [5.74, 6) is 0.279. The van der Waals surface area contributed by atoms with E-state index in [1.54, 1.807) is 0 Å². The summed E-state index contributed by atoms with van der Waals surface area (Å²) in [6, 6.07) is 0. The van der Waals surface area contributed by atoms with Crippen molar-refractivity contribution in [2.75, 3.05) is 7.11 Å². The highest BCUT2D eigenvalue weighted by atomic mass is 16.6. The SMILES string of the molecule is COC(=O)C(C)=CC1CCC2OC2C1. The number of esters is 1. The second-order valence-electron chi connectivity index (χ2n) is 4.13. The van der Waals surface area contributed by atoms with Gasteiger partial charge in [-0.3, -0.25) is 0 Å². The van der Waals surface area contributed by atoms with Gasteiger partial charge < -0.3 is 9.47 Å². The zero-order chi connectivity index (χ0) is 10.1. The zero-order valence-electron chi connectivity index (χ0n) is 8.66. The highest BCUT2D eigenvalue weighted by Gasteiger charge is 2.43. The molecule has 2 rings (SSSR count). The molecule has 0 radical (unpaired) electrons. The Kier molecular flexibility index (Phi) is 2.59. The second kappa shape index (κ2) is 3.73. The Labute approximate surface area is 84.1 Å². The van der Waals surface area contributed by atoms with Gasteiger partial charge in [-0.05, 0) is 32.1 Å². The topological polar surface area (TPSA) is 38.8 Å². The normalized spacial score (nSPS) is 36.1. The minimum atomic E-state index is -0.219. The van der Waals surface area contributed by atoms with Crippen molar-refractivity contribution in [3.05, 3.63) is 11.6 Å². The van der Waals surface area contributed by atoms with Crippen molar-refractivity contribution in [2.24, 2.45) is 5.92 Å². The second-order valence-corrected chi connectivity index (χ2v) is 4.13. The number of epoxide rings is 1. The molecule has 3 heteroatoms. The van der Waals surface area contributed by atoms with Crippen molar-refractivity contribution in [1.29, 1.82) is 0 Å². The molecule has 0 N–H and O–H groups in total. The smallest absolute Gasteiger partial charge is 0.333 e. The van der Waals surface area contributed by atoms with Gasteiger partial charge in [-0.1, -0.05) is 6.08 Å². The van der Waals surface area contributed by atoms with E-state index in [0.717, 1.165) is 24.8 Å². The minimum absolute atomic E-state index is 0.219. The lowest BCUT2D eigenvalue weighted by Gasteiger charge is -2.15. The lowest BCUT2D eigenvalue weighted by Crippen LogP contribution is -2.13. The predicted octanol–water partition coefficient (Wildman–Crippen LogP) is 1.67. The Morgan fingerprint density at radius 1 is 1.43 bits per heavy atom. The van der Waals surface area contributed by atoms with E-state index in [1.165, 1.54) is 7.11 Å². The average molecular weight is 196 g/mol. The van der Waals surface area contributed by atoms with Crippen LogP contribution in [-0.4, -0.2) is 25.3 Å². The summed E-state index contributed by atoms with van der Waals surface area (Å²) in [6.07, 6.45) is 6.37. The maximum atomic E-state index is 11.2. The van der Waals surface area contributed by atoms with E-state index in [0.29, 0.717) is 18.1 Å². The van der Waals surface area contributed by atoms with Gasteiger partial charge in [-0.25, -0.2) is 4.79 Å². The Hall–Kier alpha value is -0.830. The van der Waals surface area contributed by atoms with Crippen molar-refractivity contribution < 1.29 is 14.3 Å². The van der Waals surface area contributed by atoms with Gasteiger partial charge in [0.2, 0.25) is 0 Å². The Bertz CT molecular complexity index is 270. The molecule has 1 saturated carbocycles. The van der Waals surface area contributed by atoms with Crippen LogP contribution in [0.3, 0.4) is 0 Å². The molecule has 0 amide bonds. The largest absolute Gasteiger partial charge is 0.466 e. The summed E-state index contributed by atoms with van der Waals surface area (Å²) in [7, 11) is 1.42. The number of carbonyl (C=O) groups excluding carboxylic acids is 1. The van der Waals surface area contributed by atoms with E-state index in [-0.39, 0.29) is 5.97 Å². The average Bonchev–Trinajstić information content (AvgIpc) is 2.94. The first-order valence-corrected chi connectivity index (χ1v) is 5.13. The minimum Gasteiger partial charge on any atom is -0.466 e. The molecule has 2 aliphatic rings. The van der Waals surface area contributed by atoms with Crippen molar-refractivity contribution in [1.82, 2.24) is 0 Å². The fraction of sp³-hybridized carbons (Fsp3) is 0.727. The van der Waals surface area contributed by atoms with Gasteiger partial charge in [-0.15, -0.1) is 0 Å². The van der Waals surface area contributed by atoms with Crippen LogP contribution in [-0.2, 0) is 14.3 Å². The van der Waals surface area contributed by atoms with E-state index in [4.69, 9.17) is 4.74 Å². The monoisotopic (exact) mass is 196 g/mol. The van der Waals surface area contributed by atoms with Crippen LogP contribution < -0.4 is 0 Å². The summed E-state index contributed by atoms with van der Waals surface area (Å²) in [4.78, 5) is 11.2. The molecule has 0 aromatic rings. The maximum Gasteiger partial charge on any atom is 0.333 e. The van der Waals surface area contributed by atoms with Crippen LogP contribution in [0.5, 0.6) is 0 Å². The fourth-order valence-corrected chi connectivity index (χ4v) is 2.17. The van der Waals surface area contributed by atoms with Crippen molar-refractivity contribution in [3.8, 4) is 0 Å². The Balaban J connectivity index is 1.91. The molecule has 0 spiro atoms. The van der Waals surface area contributed by atoms with Gasteiger partial charge in [0.25, 0.3) is 0 Å². The predicted molar refractivity (Wildman–Crippen MR) is 51.8 cm³/mol. The van der Waals surface area contributed by atoms with E-state index in [1.807, 2.05) is 13.0 Å². The number of rotatable bonds is 2. The van der Waals surface area contributed by atoms with Gasteiger partial charge in [0.1, 0.15) is 0 Å². The van der Waals surface area contributed by atoms with Crippen LogP contribution in [0.1, 0.15) is 26.2 Å². The van der Waals surface area contributed by atoms with E-state index < -0.39 is 0 Å². The molecule has 0 aromatic carbocycles. The van der Waals surface area contributed by atoms with Gasteiger partial charge in [0.05, 0.1) is 19.3 Å². The number of methoxy groups -OCH3 is 1. The van der Waals surface area contributed by atoms with Crippen LogP contribution >= 0.6 is 0 Å². The molecular weight excluding hydrogens is 180 g/mol. The molecule has 0 aromatic heterocycles.